The van der Waals surface area contributed by atoms with Crippen LogP contribution in [0.25, 0.3) is 11.1 Å². The molecule has 2 rings (SSSR count). The Hall–Kier alpha value is -1.80. The molecule has 92 valence electrons. The Morgan fingerprint density at radius 1 is 1.06 bits per heavy atom. The predicted molar refractivity (Wildman–Crippen MR) is 78.4 cm³/mol. The average Bonchev–Trinajstić information content (AvgIpc) is 2.42. The van der Waals surface area contributed by atoms with Crippen LogP contribution in [0.2, 0.25) is 5.02 Å². The molecular weight excluding hydrogens is 244 g/mol. The van der Waals surface area contributed by atoms with E-state index >= 15 is 0 Å². The molecule has 0 bridgehead atoms. The fourth-order valence-electron chi connectivity index (χ4n) is 1.94. The smallest absolute Gasteiger partial charge is 0.128 e. The van der Waals surface area contributed by atoms with Crippen LogP contribution in [-0.4, -0.2) is 19.9 Å². The summed E-state index contributed by atoms with van der Waals surface area (Å²) in [5.41, 5.74) is 3.36. The maximum absolute atomic E-state index is 5.92. The van der Waals surface area contributed by atoms with Crippen LogP contribution < -0.4 is 5.32 Å². The summed E-state index contributed by atoms with van der Waals surface area (Å²) in [5.74, 6) is 0.876. The van der Waals surface area contributed by atoms with Gasteiger partial charge in [-0.05, 0) is 23.3 Å². The van der Waals surface area contributed by atoms with E-state index < -0.39 is 0 Å². The van der Waals surface area contributed by atoms with Gasteiger partial charge in [-0.25, -0.2) is 0 Å². The molecule has 0 unspecified atom stereocenters. The van der Waals surface area contributed by atoms with Crippen LogP contribution in [0.4, 0.5) is 0 Å². The molecule has 0 radical (unpaired) electrons. The summed E-state index contributed by atoms with van der Waals surface area (Å²) < 4.78 is 0. The minimum atomic E-state index is 0.745. The van der Waals surface area contributed by atoms with Gasteiger partial charge in [0.25, 0.3) is 0 Å². The molecule has 0 aliphatic carbocycles. The highest BCUT2D eigenvalue weighted by atomic mass is 35.5. The summed E-state index contributed by atoms with van der Waals surface area (Å²) >= 11 is 5.92. The Bertz CT molecular complexity index is 559. The number of aliphatic imine (C=N–C) groups is 1. The Balaban J connectivity index is 2.54. The van der Waals surface area contributed by atoms with Gasteiger partial charge in [-0.15, -0.1) is 0 Å². The third kappa shape index (κ3) is 2.54. The van der Waals surface area contributed by atoms with Crippen molar-refractivity contribution >= 4 is 17.4 Å². The van der Waals surface area contributed by atoms with Crippen molar-refractivity contribution in [2.75, 3.05) is 14.1 Å². The molecule has 0 aliphatic rings. The van der Waals surface area contributed by atoms with Gasteiger partial charge in [-0.3, -0.25) is 4.99 Å². The molecule has 2 nitrogen and oxygen atoms in total. The number of nitrogens with one attached hydrogen (secondary N) is 1. The zero-order chi connectivity index (χ0) is 13.0. The van der Waals surface area contributed by atoms with Crippen LogP contribution in [0.15, 0.2) is 53.5 Å². The standard InChI is InChI=1S/C15H15ClN2/c1-17-15(18-2)14-6-4-3-5-13(14)11-7-9-12(16)10-8-11/h3-10H,1-2H3,(H,17,18). The van der Waals surface area contributed by atoms with Crippen molar-refractivity contribution in [1.82, 2.24) is 5.32 Å². The third-order valence-electron chi connectivity index (χ3n) is 2.80. The van der Waals surface area contributed by atoms with E-state index in [0.29, 0.717) is 0 Å². The second kappa shape index (κ2) is 5.69. The van der Waals surface area contributed by atoms with Crippen LogP contribution in [0.1, 0.15) is 5.56 Å². The summed E-state index contributed by atoms with van der Waals surface area (Å²) in [5, 5.41) is 3.86. The molecule has 0 saturated carbocycles. The van der Waals surface area contributed by atoms with Gasteiger partial charge in [0.05, 0.1) is 0 Å². The predicted octanol–water partition coefficient (Wildman–Crippen LogP) is 3.60. The summed E-state index contributed by atoms with van der Waals surface area (Å²) in [4.78, 5) is 4.26. The lowest BCUT2D eigenvalue weighted by atomic mass is 9.99. The molecule has 3 heteroatoms. The molecular formula is C15H15ClN2. The van der Waals surface area contributed by atoms with Gasteiger partial charge in [0.15, 0.2) is 0 Å². The monoisotopic (exact) mass is 258 g/mol. The number of rotatable bonds is 2. The Morgan fingerprint density at radius 2 is 1.72 bits per heavy atom. The van der Waals surface area contributed by atoms with E-state index in [-0.39, 0.29) is 0 Å². The van der Waals surface area contributed by atoms with Gasteiger partial charge >= 0.3 is 0 Å². The maximum atomic E-state index is 5.92. The van der Waals surface area contributed by atoms with E-state index in [4.69, 9.17) is 11.6 Å². The largest absolute Gasteiger partial charge is 0.373 e. The quantitative estimate of drug-likeness (QED) is 0.646. The minimum Gasteiger partial charge on any atom is -0.373 e. The molecule has 0 aromatic heterocycles. The molecule has 2 aromatic rings. The maximum Gasteiger partial charge on any atom is 0.128 e. The van der Waals surface area contributed by atoms with E-state index in [9.17, 15) is 0 Å². The summed E-state index contributed by atoms with van der Waals surface area (Å²) in [6.07, 6.45) is 0. The Labute approximate surface area is 112 Å². The average molecular weight is 259 g/mol. The van der Waals surface area contributed by atoms with Crippen LogP contribution >= 0.6 is 11.6 Å². The van der Waals surface area contributed by atoms with Crippen LogP contribution in [0.5, 0.6) is 0 Å². The zero-order valence-electron chi connectivity index (χ0n) is 10.4. The van der Waals surface area contributed by atoms with Gasteiger partial charge in [-0.1, -0.05) is 48.0 Å². The highest BCUT2D eigenvalue weighted by Crippen LogP contribution is 2.25. The van der Waals surface area contributed by atoms with Crippen molar-refractivity contribution in [3.05, 3.63) is 59.1 Å². The van der Waals surface area contributed by atoms with Crippen molar-refractivity contribution in [1.29, 1.82) is 0 Å². The number of benzene rings is 2. The number of hydrogen-bond acceptors (Lipinski definition) is 1. The second-order valence-corrected chi connectivity index (χ2v) is 4.31. The zero-order valence-corrected chi connectivity index (χ0v) is 11.2. The molecule has 1 N–H and O–H groups in total. The van der Waals surface area contributed by atoms with Crippen LogP contribution in [-0.2, 0) is 0 Å². The lowest BCUT2D eigenvalue weighted by Crippen LogP contribution is -2.20. The van der Waals surface area contributed by atoms with Crippen LogP contribution in [0.3, 0.4) is 0 Å². The van der Waals surface area contributed by atoms with Crippen molar-refractivity contribution in [2.45, 2.75) is 0 Å². The van der Waals surface area contributed by atoms with E-state index in [0.717, 1.165) is 27.5 Å². The van der Waals surface area contributed by atoms with Crippen molar-refractivity contribution < 1.29 is 0 Å². The Kier molecular flexibility index (Phi) is 4.00. The third-order valence-corrected chi connectivity index (χ3v) is 3.05. The summed E-state index contributed by atoms with van der Waals surface area (Å²) in [7, 11) is 3.66. The number of hydrogen-bond donors (Lipinski definition) is 1. The first kappa shape index (κ1) is 12.7. The molecule has 2 aromatic carbocycles. The molecule has 0 atom stereocenters. The first-order chi connectivity index (χ1) is 8.76. The molecule has 0 aliphatic heterocycles. The van der Waals surface area contributed by atoms with Crippen molar-refractivity contribution in [3.63, 3.8) is 0 Å². The minimum absolute atomic E-state index is 0.745. The fraction of sp³-hybridized carbons (Fsp3) is 0.133. The van der Waals surface area contributed by atoms with Gasteiger partial charge in [0.1, 0.15) is 5.84 Å². The number of nitrogens with zero attached hydrogens (tertiary/aromatic N) is 1. The van der Waals surface area contributed by atoms with Gasteiger partial charge < -0.3 is 5.32 Å². The summed E-state index contributed by atoms with van der Waals surface area (Å²) in [6.45, 7) is 0. The lowest BCUT2D eigenvalue weighted by molar-refractivity contribution is 1.15. The van der Waals surface area contributed by atoms with Gasteiger partial charge in [0.2, 0.25) is 0 Å². The molecule has 0 amide bonds. The molecule has 18 heavy (non-hydrogen) atoms. The second-order valence-electron chi connectivity index (χ2n) is 3.87. The van der Waals surface area contributed by atoms with Crippen molar-refractivity contribution in [2.24, 2.45) is 4.99 Å². The van der Waals surface area contributed by atoms with Crippen LogP contribution in [0, 0.1) is 0 Å². The van der Waals surface area contributed by atoms with Gasteiger partial charge in [-0.2, -0.15) is 0 Å². The molecule has 0 saturated heterocycles. The highest BCUT2D eigenvalue weighted by molar-refractivity contribution is 6.30. The van der Waals surface area contributed by atoms with Crippen molar-refractivity contribution in [3.8, 4) is 11.1 Å². The SMILES string of the molecule is CN=C(NC)c1ccccc1-c1ccc(Cl)cc1. The summed E-state index contributed by atoms with van der Waals surface area (Å²) in [6, 6.07) is 16.0. The fourth-order valence-corrected chi connectivity index (χ4v) is 2.06. The molecule has 0 fully saturated rings. The first-order valence-corrected chi connectivity index (χ1v) is 6.14. The molecule has 0 spiro atoms. The van der Waals surface area contributed by atoms with E-state index in [1.807, 2.05) is 43.4 Å². The molecule has 0 heterocycles. The highest BCUT2D eigenvalue weighted by Gasteiger charge is 2.08. The lowest BCUT2D eigenvalue weighted by Gasteiger charge is -2.11. The first-order valence-electron chi connectivity index (χ1n) is 5.76. The van der Waals surface area contributed by atoms with E-state index in [1.54, 1.807) is 7.05 Å². The normalized spacial score (nSPS) is 11.4. The number of amidine groups is 1. The Morgan fingerprint density at radius 3 is 2.33 bits per heavy atom. The topological polar surface area (TPSA) is 24.4 Å². The van der Waals surface area contributed by atoms with E-state index in [2.05, 4.69) is 22.4 Å². The number of halogens is 1. The van der Waals surface area contributed by atoms with E-state index in [1.165, 1.54) is 0 Å². The van der Waals surface area contributed by atoms with Gasteiger partial charge in [0, 0.05) is 24.7 Å².